The van der Waals surface area contributed by atoms with Crippen LogP contribution in [0.25, 0.3) is 0 Å². The lowest BCUT2D eigenvalue weighted by Gasteiger charge is -2.31. The number of non-ortho nitro benzene ring substituents is 1. The van der Waals surface area contributed by atoms with Crippen molar-refractivity contribution >= 4 is 5.69 Å². The maximum absolute atomic E-state index is 10.9. The van der Waals surface area contributed by atoms with Gasteiger partial charge in [0.2, 0.25) is 0 Å². The number of aliphatic hydroxyl groups is 1. The Balaban J connectivity index is 1.97. The number of hydrogen-bond donors (Lipinski definition) is 1. The number of nitro benzene ring substituents is 1. The van der Waals surface area contributed by atoms with Gasteiger partial charge >= 0.3 is 0 Å². The van der Waals surface area contributed by atoms with Gasteiger partial charge in [-0.15, -0.1) is 0 Å². The third-order valence-electron chi connectivity index (χ3n) is 4.17. The molecule has 6 heteroatoms. The minimum atomic E-state index is -0.731. The Bertz CT molecular complexity index is 503. The Labute approximate surface area is 137 Å². The van der Waals surface area contributed by atoms with E-state index in [2.05, 4.69) is 11.8 Å². The monoisotopic (exact) mass is 322 g/mol. The van der Waals surface area contributed by atoms with Gasteiger partial charge in [-0.1, -0.05) is 19.1 Å². The van der Waals surface area contributed by atoms with Crippen molar-refractivity contribution in [2.45, 2.75) is 44.8 Å². The third kappa shape index (κ3) is 5.57. The molecule has 1 aliphatic heterocycles. The molecule has 6 nitrogen and oxygen atoms in total. The first-order valence-electron chi connectivity index (χ1n) is 8.36. The number of benzene rings is 1. The van der Waals surface area contributed by atoms with Gasteiger partial charge in [-0.2, -0.15) is 0 Å². The SMILES string of the molecule is CCCN(CC1CCCCO1)CC(O)c1cccc([N+](=O)[O-])c1. The van der Waals surface area contributed by atoms with Gasteiger partial charge in [-0.25, -0.2) is 0 Å². The number of hydrogen-bond acceptors (Lipinski definition) is 5. The van der Waals surface area contributed by atoms with Crippen molar-refractivity contribution in [3.05, 3.63) is 39.9 Å². The van der Waals surface area contributed by atoms with Crippen molar-refractivity contribution in [2.24, 2.45) is 0 Å². The lowest BCUT2D eigenvalue weighted by atomic mass is 10.1. The van der Waals surface area contributed by atoms with E-state index in [4.69, 9.17) is 4.74 Å². The summed E-state index contributed by atoms with van der Waals surface area (Å²) in [5, 5.41) is 21.3. The number of rotatable bonds is 8. The van der Waals surface area contributed by atoms with Crippen LogP contribution < -0.4 is 0 Å². The second kappa shape index (κ2) is 8.96. The van der Waals surface area contributed by atoms with E-state index in [-0.39, 0.29) is 11.8 Å². The second-order valence-electron chi connectivity index (χ2n) is 6.12. The summed E-state index contributed by atoms with van der Waals surface area (Å²) in [7, 11) is 0. The first-order valence-corrected chi connectivity index (χ1v) is 8.36. The predicted molar refractivity (Wildman–Crippen MR) is 88.4 cm³/mol. The van der Waals surface area contributed by atoms with Crippen molar-refractivity contribution in [2.75, 3.05) is 26.2 Å². The smallest absolute Gasteiger partial charge is 0.269 e. The van der Waals surface area contributed by atoms with Gasteiger partial charge in [0.25, 0.3) is 5.69 Å². The van der Waals surface area contributed by atoms with E-state index < -0.39 is 11.0 Å². The summed E-state index contributed by atoms with van der Waals surface area (Å²) in [6.45, 7) is 5.08. The van der Waals surface area contributed by atoms with Crippen molar-refractivity contribution < 1.29 is 14.8 Å². The molecule has 1 aromatic carbocycles. The minimum absolute atomic E-state index is 0.0132. The molecular formula is C17H26N2O4. The van der Waals surface area contributed by atoms with E-state index >= 15 is 0 Å². The van der Waals surface area contributed by atoms with Crippen molar-refractivity contribution in [3.8, 4) is 0 Å². The lowest BCUT2D eigenvalue weighted by Crippen LogP contribution is -2.38. The molecule has 1 aliphatic rings. The summed E-state index contributed by atoms with van der Waals surface area (Å²) >= 11 is 0. The fraction of sp³-hybridized carbons (Fsp3) is 0.647. The van der Waals surface area contributed by atoms with Gasteiger partial charge in [0.1, 0.15) is 0 Å². The molecule has 128 valence electrons. The van der Waals surface area contributed by atoms with Gasteiger partial charge in [-0.05, 0) is 37.8 Å². The van der Waals surface area contributed by atoms with Crippen LogP contribution in [-0.2, 0) is 4.74 Å². The Morgan fingerprint density at radius 2 is 2.30 bits per heavy atom. The molecule has 0 radical (unpaired) electrons. The zero-order valence-corrected chi connectivity index (χ0v) is 13.7. The van der Waals surface area contributed by atoms with Crippen LogP contribution in [0.3, 0.4) is 0 Å². The number of ether oxygens (including phenoxy) is 1. The Morgan fingerprint density at radius 3 is 2.96 bits per heavy atom. The van der Waals surface area contributed by atoms with E-state index in [9.17, 15) is 15.2 Å². The van der Waals surface area contributed by atoms with Crippen molar-refractivity contribution in [1.29, 1.82) is 0 Å². The molecule has 2 rings (SSSR count). The van der Waals surface area contributed by atoms with Gasteiger partial charge in [0.05, 0.1) is 17.1 Å². The molecule has 2 atom stereocenters. The van der Waals surface area contributed by atoms with E-state index in [0.29, 0.717) is 12.1 Å². The summed E-state index contributed by atoms with van der Waals surface area (Å²) in [6, 6.07) is 6.24. The van der Waals surface area contributed by atoms with Crippen LogP contribution >= 0.6 is 0 Å². The molecule has 1 N–H and O–H groups in total. The Hall–Kier alpha value is -1.50. The number of aliphatic hydroxyl groups excluding tert-OH is 1. The molecule has 2 unspecified atom stereocenters. The highest BCUT2D eigenvalue weighted by molar-refractivity contribution is 5.35. The molecule has 0 saturated carbocycles. The molecular weight excluding hydrogens is 296 g/mol. The highest BCUT2D eigenvalue weighted by atomic mass is 16.6. The zero-order chi connectivity index (χ0) is 16.7. The number of nitrogens with zero attached hydrogens (tertiary/aromatic N) is 2. The molecule has 0 amide bonds. The molecule has 23 heavy (non-hydrogen) atoms. The maximum atomic E-state index is 10.9. The lowest BCUT2D eigenvalue weighted by molar-refractivity contribution is -0.385. The number of nitro groups is 1. The third-order valence-corrected chi connectivity index (χ3v) is 4.17. The zero-order valence-electron chi connectivity index (χ0n) is 13.7. The highest BCUT2D eigenvalue weighted by Gasteiger charge is 2.21. The van der Waals surface area contributed by atoms with Gasteiger partial charge < -0.3 is 9.84 Å². The van der Waals surface area contributed by atoms with Crippen LogP contribution in [0, 0.1) is 10.1 Å². The van der Waals surface area contributed by atoms with Crippen molar-refractivity contribution in [3.63, 3.8) is 0 Å². The second-order valence-corrected chi connectivity index (χ2v) is 6.12. The van der Waals surface area contributed by atoms with E-state index in [1.54, 1.807) is 12.1 Å². The largest absolute Gasteiger partial charge is 0.387 e. The molecule has 0 bridgehead atoms. The first kappa shape index (κ1) is 17.8. The summed E-state index contributed by atoms with van der Waals surface area (Å²) in [5.74, 6) is 0. The minimum Gasteiger partial charge on any atom is -0.387 e. The van der Waals surface area contributed by atoms with Gasteiger partial charge in [-0.3, -0.25) is 15.0 Å². The van der Waals surface area contributed by atoms with Gasteiger partial charge in [0, 0.05) is 31.8 Å². The van der Waals surface area contributed by atoms with E-state index in [0.717, 1.165) is 39.0 Å². The molecule has 0 spiro atoms. The molecule has 1 fully saturated rings. The van der Waals surface area contributed by atoms with E-state index in [1.807, 2.05) is 0 Å². The molecule has 1 aromatic rings. The van der Waals surface area contributed by atoms with Crippen LogP contribution in [0.5, 0.6) is 0 Å². The van der Waals surface area contributed by atoms with Crippen LogP contribution in [0.1, 0.15) is 44.3 Å². The highest BCUT2D eigenvalue weighted by Crippen LogP contribution is 2.21. The predicted octanol–water partition coefficient (Wildman–Crippen LogP) is 2.91. The van der Waals surface area contributed by atoms with Crippen molar-refractivity contribution in [1.82, 2.24) is 4.90 Å². The average molecular weight is 322 g/mol. The van der Waals surface area contributed by atoms with Crippen LogP contribution in [0.2, 0.25) is 0 Å². The van der Waals surface area contributed by atoms with E-state index in [1.165, 1.54) is 18.6 Å². The quantitative estimate of drug-likeness (QED) is 0.588. The average Bonchev–Trinajstić information content (AvgIpc) is 2.56. The molecule has 1 saturated heterocycles. The fourth-order valence-electron chi connectivity index (χ4n) is 3.01. The maximum Gasteiger partial charge on any atom is 0.269 e. The van der Waals surface area contributed by atoms with Crippen LogP contribution in [0.15, 0.2) is 24.3 Å². The summed E-state index contributed by atoms with van der Waals surface area (Å²) in [5.41, 5.74) is 0.601. The topological polar surface area (TPSA) is 75.8 Å². The standard InChI is InChI=1S/C17H26N2O4/c1-2-9-18(12-16-8-3-4-10-23-16)13-17(20)14-6-5-7-15(11-14)19(21)22/h5-7,11,16-17,20H,2-4,8-10,12-13H2,1H3. The van der Waals surface area contributed by atoms with Gasteiger partial charge in [0.15, 0.2) is 0 Å². The van der Waals surface area contributed by atoms with Crippen LogP contribution in [0.4, 0.5) is 5.69 Å². The Kier molecular flexibility index (Phi) is 6.95. The molecule has 0 aromatic heterocycles. The fourth-order valence-corrected chi connectivity index (χ4v) is 3.01. The molecule has 0 aliphatic carbocycles. The molecule has 1 heterocycles. The summed E-state index contributed by atoms with van der Waals surface area (Å²) in [4.78, 5) is 12.6. The normalized spacial score (nSPS) is 19.7. The summed E-state index contributed by atoms with van der Waals surface area (Å²) < 4.78 is 5.78. The van der Waals surface area contributed by atoms with Crippen LogP contribution in [-0.4, -0.2) is 47.3 Å². The summed E-state index contributed by atoms with van der Waals surface area (Å²) in [6.07, 6.45) is 3.87. The Morgan fingerprint density at radius 1 is 1.48 bits per heavy atom. The first-order chi connectivity index (χ1) is 11.1.